The molecule has 1 aromatic rings. The number of rotatable bonds is 3. The SMILES string of the molecule is CN(C)[Si](C)(c1ccccc1)N(C)C. The summed E-state index contributed by atoms with van der Waals surface area (Å²) in [5, 5.41) is 1.45. The fraction of sp³-hybridized carbons (Fsp3) is 0.455. The zero-order valence-corrected chi connectivity index (χ0v) is 10.8. The molecule has 0 aliphatic rings. The highest BCUT2D eigenvalue weighted by Gasteiger charge is 2.35. The Balaban J connectivity index is 3.13. The summed E-state index contributed by atoms with van der Waals surface area (Å²) in [4.78, 5) is 0. The molecule has 1 rings (SSSR count). The molecule has 0 N–H and O–H groups in total. The summed E-state index contributed by atoms with van der Waals surface area (Å²) in [6.07, 6.45) is 0. The normalized spacial score (nSPS) is 12.5. The molecule has 0 unspecified atom stereocenters. The maximum absolute atomic E-state index is 2.36. The molecule has 0 aliphatic carbocycles. The summed E-state index contributed by atoms with van der Waals surface area (Å²) in [6, 6.07) is 10.8. The van der Waals surface area contributed by atoms with Crippen LogP contribution < -0.4 is 5.19 Å². The van der Waals surface area contributed by atoms with Gasteiger partial charge in [0.05, 0.1) is 0 Å². The number of hydrogen-bond acceptors (Lipinski definition) is 2. The standard InChI is InChI=1S/C11H20N2Si/c1-12(2)14(5,13(3)4)11-9-7-6-8-10-11/h6-10H,1-5H3. The second-order valence-electron chi connectivity index (χ2n) is 4.18. The van der Waals surface area contributed by atoms with Crippen molar-refractivity contribution < 1.29 is 0 Å². The van der Waals surface area contributed by atoms with Gasteiger partial charge in [0.15, 0.2) is 0 Å². The van der Waals surface area contributed by atoms with Gasteiger partial charge in [0.1, 0.15) is 0 Å². The molecule has 2 nitrogen and oxygen atoms in total. The van der Waals surface area contributed by atoms with Crippen LogP contribution in [0.4, 0.5) is 0 Å². The minimum Gasteiger partial charge on any atom is -0.314 e. The fourth-order valence-electron chi connectivity index (χ4n) is 1.67. The Morgan fingerprint density at radius 3 is 1.64 bits per heavy atom. The predicted molar refractivity (Wildman–Crippen MR) is 65.1 cm³/mol. The largest absolute Gasteiger partial charge is 0.314 e. The first kappa shape index (κ1) is 11.4. The molecule has 0 radical (unpaired) electrons. The molecular weight excluding hydrogens is 188 g/mol. The Hall–Kier alpha value is -0.643. The van der Waals surface area contributed by atoms with Gasteiger partial charge in [-0.05, 0) is 39.9 Å². The van der Waals surface area contributed by atoms with Crippen LogP contribution in [0.5, 0.6) is 0 Å². The topological polar surface area (TPSA) is 6.48 Å². The van der Waals surface area contributed by atoms with Crippen LogP contribution >= 0.6 is 0 Å². The van der Waals surface area contributed by atoms with Crippen LogP contribution in [0, 0.1) is 0 Å². The Bertz CT molecular complexity index is 275. The molecule has 3 heteroatoms. The highest BCUT2D eigenvalue weighted by molar-refractivity contribution is 6.85. The van der Waals surface area contributed by atoms with Crippen molar-refractivity contribution in [1.82, 2.24) is 9.13 Å². The van der Waals surface area contributed by atoms with Gasteiger partial charge in [0, 0.05) is 0 Å². The molecule has 0 saturated heterocycles. The van der Waals surface area contributed by atoms with Crippen molar-refractivity contribution in [2.75, 3.05) is 28.2 Å². The maximum Gasteiger partial charge on any atom is 0.235 e. The van der Waals surface area contributed by atoms with Crippen molar-refractivity contribution in [1.29, 1.82) is 0 Å². The van der Waals surface area contributed by atoms with E-state index >= 15 is 0 Å². The lowest BCUT2D eigenvalue weighted by atomic mass is 10.4. The van der Waals surface area contributed by atoms with Crippen molar-refractivity contribution in [3.05, 3.63) is 30.3 Å². The maximum atomic E-state index is 2.36. The third-order valence-corrected chi connectivity index (χ3v) is 7.97. The Kier molecular flexibility index (Phi) is 3.47. The van der Waals surface area contributed by atoms with Gasteiger partial charge in [0.25, 0.3) is 0 Å². The van der Waals surface area contributed by atoms with Crippen molar-refractivity contribution in [2.45, 2.75) is 6.55 Å². The third kappa shape index (κ3) is 1.89. The summed E-state index contributed by atoms with van der Waals surface area (Å²) in [6.45, 7) is 2.36. The van der Waals surface area contributed by atoms with Crippen molar-refractivity contribution in [3.63, 3.8) is 0 Å². The smallest absolute Gasteiger partial charge is 0.235 e. The summed E-state index contributed by atoms with van der Waals surface area (Å²) >= 11 is 0. The monoisotopic (exact) mass is 208 g/mol. The molecule has 1 aromatic carbocycles. The zero-order chi connectivity index (χ0) is 10.8. The first-order valence-electron chi connectivity index (χ1n) is 4.90. The van der Waals surface area contributed by atoms with E-state index in [1.54, 1.807) is 0 Å². The molecule has 78 valence electrons. The molecular formula is C11H20N2Si. The van der Waals surface area contributed by atoms with Crippen LogP contribution in [-0.4, -0.2) is 45.7 Å². The third-order valence-electron chi connectivity index (χ3n) is 3.06. The zero-order valence-electron chi connectivity index (χ0n) is 9.78. The average molecular weight is 208 g/mol. The number of hydrogen-bond donors (Lipinski definition) is 0. The van der Waals surface area contributed by atoms with E-state index in [0.717, 1.165) is 0 Å². The summed E-state index contributed by atoms with van der Waals surface area (Å²) in [7, 11) is 7.05. The molecule has 0 heterocycles. The van der Waals surface area contributed by atoms with Gasteiger partial charge in [-0.15, -0.1) is 0 Å². The van der Waals surface area contributed by atoms with Crippen molar-refractivity contribution in [2.24, 2.45) is 0 Å². The molecule has 0 aromatic heterocycles. The first-order chi connectivity index (χ1) is 6.49. The van der Waals surface area contributed by atoms with Crippen molar-refractivity contribution in [3.8, 4) is 0 Å². The van der Waals surface area contributed by atoms with Crippen LogP contribution in [0.25, 0.3) is 0 Å². The van der Waals surface area contributed by atoms with E-state index in [-0.39, 0.29) is 0 Å². The molecule has 0 atom stereocenters. The minimum atomic E-state index is -1.61. The quantitative estimate of drug-likeness (QED) is 0.686. The van der Waals surface area contributed by atoms with Gasteiger partial charge < -0.3 is 9.13 Å². The van der Waals surface area contributed by atoms with E-state index in [0.29, 0.717) is 0 Å². The minimum absolute atomic E-state index is 1.45. The van der Waals surface area contributed by atoms with E-state index in [4.69, 9.17) is 0 Å². The summed E-state index contributed by atoms with van der Waals surface area (Å²) in [5.74, 6) is 0. The van der Waals surface area contributed by atoms with E-state index in [1.807, 2.05) is 0 Å². The molecule has 0 amide bonds. The number of benzene rings is 1. The van der Waals surface area contributed by atoms with Crippen LogP contribution in [0.2, 0.25) is 6.55 Å². The van der Waals surface area contributed by atoms with Gasteiger partial charge in [-0.3, -0.25) is 0 Å². The Morgan fingerprint density at radius 1 is 0.857 bits per heavy atom. The molecule has 0 spiro atoms. The lowest BCUT2D eigenvalue weighted by molar-refractivity contribution is 0.503. The van der Waals surface area contributed by atoms with Gasteiger partial charge in [-0.25, -0.2) is 0 Å². The van der Waals surface area contributed by atoms with E-state index < -0.39 is 8.40 Å². The molecule has 0 aliphatic heterocycles. The second-order valence-corrected chi connectivity index (χ2v) is 8.58. The van der Waals surface area contributed by atoms with E-state index in [2.05, 4.69) is 74.2 Å². The highest BCUT2D eigenvalue weighted by Crippen LogP contribution is 2.09. The van der Waals surface area contributed by atoms with Crippen LogP contribution in [0.1, 0.15) is 0 Å². The molecule has 14 heavy (non-hydrogen) atoms. The highest BCUT2D eigenvalue weighted by atomic mass is 28.3. The molecule has 0 saturated carbocycles. The Morgan fingerprint density at radius 2 is 1.29 bits per heavy atom. The number of nitrogens with zero attached hydrogens (tertiary/aromatic N) is 2. The van der Waals surface area contributed by atoms with Gasteiger partial charge in [-0.1, -0.05) is 30.3 Å². The molecule has 0 bridgehead atoms. The second kappa shape index (κ2) is 4.25. The lowest BCUT2D eigenvalue weighted by Crippen LogP contribution is -2.66. The summed E-state index contributed by atoms with van der Waals surface area (Å²) in [5.41, 5.74) is 0. The first-order valence-corrected chi connectivity index (χ1v) is 7.29. The predicted octanol–water partition coefficient (Wildman–Crippen LogP) is 1.09. The van der Waals surface area contributed by atoms with Gasteiger partial charge >= 0.3 is 0 Å². The van der Waals surface area contributed by atoms with Gasteiger partial charge in [-0.2, -0.15) is 0 Å². The Labute approximate surface area is 88.3 Å². The lowest BCUT2D eigenvalue weighted by Gasteiger charge is -2.39. The van der Waals surface area contributed by atoms with Crippen LogP contribution in [-0.2, 0) is 0 Å². The van der Waals surface area contributed by atoms with Crippen LogP contribution in [0.15, 0.2) is 30.3 Å². The molecule has 0 fully saturated rings. The van der Waals surface area contributed by atoms with Crippen LogP contribution in [0.3, 0.4) is 0 Å². The van der Waals surface area contributed by atoms with E-state index in [9.17, 15) is 0 Å². The fourth-order valence-corrected chi connectivity index (χ4v) is 4.33. The average Bonchev–Trinajstić information content (AvgIpc) is 2.17. The van der Waals surface area contributed by atoms with Crippen molar-refractivity contribution >= 4 is 13.6 Å². The summed E-state index contributed by atoms with van der Waals surface area (Å²) < 4.78 is 4.73. The van der Waals surface area contributed by atoms with Gasteiger partial charge in [0.2, 0.25) is 8.40 Å². The van der Waals surface area contributed by atoms with E-state index in [1.165, 1.54) is 5.19 Å².